The minimum absolute atomic E-state index is 0.0607. The molecule has 2 aromatic heterocycles. The first-order valence-corrected chi connectivity index (χ1v) is 13.6. The summed E-state index contributed by atoms with van der Waals surface area (Å²) in [6.07, 6.45) is 6.24. The lowest BCUT2D eigenvalue weighted by atomic mass is 10.1. The molecule has 0 bridgehead atoms. The third kappa shape index (κ3) is 5.98. The molecule has 1 saturated carbocycles. The molecular formula is C31H27N7O5. The Balaban J connectivity index is 1.24. The molecule has 43 heavy (non-hydrogen) atoms. The van der Waals surface area contributed by atoms with Crippen molar-refractivity contribution in [3.05, 3.63) is 97.0 Å². The minimum atomic E-state index is -0.356. The van der Waals surface area contributed by atoms with Gasteiger partial charge in [0.1, 0.15) is 22.9 Å². The van der Waals surface area contributed by atoms with Crippen LogP contribution in [0.2, 0.25) is 0 Å². The molecule has 216 valence electrons. The first-order chi connectivity index (χ1) is 20.9. The molecule has 0 atom stereocenters. The van der Waals surface area contributed by atoms with Crippen molar-refractivity contribution in [2.75, 3.05) is 17.3 Å². The van der Waals surface area contributed by atoms with E-state index in [1.807, 2.05) is 4.90 Å². The molecular weight excluding hydrogens is 550 g/mol. The Hall–Kier alpha value is -5.78. The van der Waals surface area contributed by atoms with Crippen LogP contribution < -0.4 is 25.0 Å². The molecule has 1 aliphatic carbocycles. The van der Waals surface area contributed by atoms with E-state index in [4.69, 9.17) is 9.47 Å². The zero-order valence-electron chi connectivity index (χ0n) is 23.2. The predicted octanol–water partition coefficient (Wildman–Crippen LogP) is 5.18. The van der Waals surface area contributed by atoms with Crippen LogP contribution in [-0.2, 0) is 11.3 Å². The van der Waals surface area contributed by atoms with Gasteiger partial charge in [-0.05, 0) is 67.4 Å². The maximum absolute atomic E-state index is 13.7. The quantitative estimate of drug-likeness (QED) is 0.260. The summed E-state index contributed by atoms with van der Waals surface area (Å²) in [6, 6.07) is 17.0. The van der Waals surface area contributed by atoms with Gasteiger partial charge in [0.15, 0.2) is 5.82 Å². The number of amides is 4. The number of rotatable bonds is 9. The summed E-state index contributed by atoms with van der Waals surface area (Å²) >= 11 is 0. The SMILES string of the molecule is C=CC(=O)Nc1cccc(N2C(=O)N(C3CC3)Cc3cnc(Oc4ccc(Oc5ccnc(C(=O)NC)c5)cc4)nc32)c1. The van der Waals surface area contributed by atoms with E-state index in [0.29, 0.717) is 41.0 Å². The number of carbonyl (C=O) groups excluding carboxylic acids is 3. The van der Waals surface area contributed by atoms with Crippen LogP contribution in [0.3, 0.4) is 0 Å². The van der Waals surface area contributed by atoms with Gasteiger partial charge in [-0.3, -0.25) is 14.6 Å². The Morgan fingerprint density at radius 3 is 2.49 bits per heavy atom. The fraction of sp³-hybridized carbons (Fsp3) is 0.161. The van der Waals surface area contributed by atoms with Crippen molar-refractivity contribution in [3.8, 4) is 23.3 Å². The summed E-state index contributed by atoms with van der Waals surface area (Å²) < 4.78 is 11.8. The van der Waals surface area contributed by atoms with Crippen LogP contribution in [0.25, 0.3) is 0 Å². The monoisotopic (exact) mass is 577 g/mol. The zero-order chi connectivity index (χ0) is 29.9. The summed E-state index contributed by atoms with van der Waals surface area (Å²) in [5.74, 6) is 1.17. The summed E-state index contributed by atoms with van der Waals surface area (Å²) in [7, 11) is 1.53. The molecule has 2 aliphatic rings. The van der Waals surface area contributed by atoms with Gasteiger partial charge in [0.05, 0.1) is 12.2 Å². The summed E-state index contributed by atoms with van der Waals surface area (Å²) in [4.78, 5) is 53.8. The van der Waals surface area contributed by atoms with Crippen LogP contribution in [0.15, 0.2) is 85.7 Å². The number of nitrogens with one attached hydrogen (secondary N) is 2. The standard InChI is InChI=1S/C31H27N7O5/c1-3-27(39)35-20-5-4-6-22(15-20)38-28-19(18-37(31(38)41)21-7-8-21)17-34-30(36-28)43-24-11-9-23(10-12-24)42-25-13-14-33-26(16-25)29(40)32-2/h3-6,9-17,21H,1,7-8,18H2,2H3,(H,32,40)(H,35,39). The number of urea groups is 1. The largest absolute Gasteiger partial charge is 0.457 e. The maximum atomic E-state index is 13.7. The van der Waals surface area contributed by atoms with Crippen molar-refractivity contribution in [2.24, 2.45) is 0 Å². The van der Waals surface area contributed by atoms with Gasteiger partial charge in [-0.1, -0.05) is 12.6 Å². The number of fused-ring (bicyclic) bond motifs is 1. The molecule has 6 rings (SSSR count). The number of hydrogen-bond donors (Lipinski definition) is 2. The molecule has 12 heteroatoms. The number of aromatic nitrogens is 3. The lowest BCUT2D eigenvalue weighted by Crippen LogP contribution is -2.46. The number of hydrogen-bond acceptors (Lipinski definition) is 8. The first-order valence-electron chi connectivity index (χ1n) is 13.6. The van der Waals surface area contributed by atoms with Crippen molar-refractivity contribution in [2.45, 2.75) is 25.4 Å². The van der Waals surface area contributed by atoms with Gasteiger partial charge in [0.25, 0.3) is 5.91 Å². The Kier molecular flexibility index (Phi) is 7.39. The maximum Gasteiger partial charge on any atom is 0.330 e. The second-order valence-corrected chi connectivity index (χ2v) is 9.85. The molecule has 4 aromatic rings. The molecule has 0 unspecified atom stereocenters. The van der Waals surface area contributed by atoms with E-state index in [1.54, 1.807) is 66.9 Å². The third-order valence-electron chi connectivity index (χ3n) is 6.81. The van der Waals surface area contributed by atoms with Gasteiger partial charge in [-0.2, -0.15) is 4.98 Å². The number of nitrogens with zero attached hydrogens (tertiary/aromatic N) is 5. The Morgan fingerprint density at radius 1 is 1.00 bits per heavy atom. The fourth-order valence-electron chi connectivity index (χ4n) is 4.57. The lowest BCUT2D eigenvalue weighted by molar-refractivity contribution is -0.111. The zero-order valence-corrected chi connectivity index (χ0v) is 23.2. The third-order valence-corrected chi connectivity index (χ3v) is 6.81. The molecule has 0 radical (unpaired) electrons. The highest BCUT2D eigenvalue weighted by molar-refractivity contribution is 6.03. The van der Waals surface area contributed by atoms with Gasteiger partial charge >= 0.3 is 12.0 Å². The first kappa shape index (κ1) is 27.4. The summed E-state index contributed by atoms with van der Waals surface area (Å²) in [5.41, 5.74) is 2.08. The van der Waals surface area contributed by atoms with Crippen LogP contribution in [0.1, 0.15) is 28.9 Å². The normalized spacial score (nSPS) is 14.0. The van der Waals surface area contributed by atoms with Crippen molar-refractivity contribution in [1.29, 1.82) is 0 Å². The van der Waals surface area contributed by atoms with E-state index in [0.717, 1.165) is 18.4 Å². The van der Waals surface area contributed by atoms with E-state index in [9.17, 15) is 14.4 Å². The Bertz CT molecular complexity index is 1720. The molecule has 12 nitrogen and oxygen atoms in total. The van der Waals surface area contributed by atoms with E-state index in [2.05, 4.69) is 32.2 Å². The Morgan fingerprint density at radius 2 is 1.77 bits per heavy atom. The van der Waals surface area contributed by atoms with E-state index in [-0.39, 0.29) is 35.6 Å². The number of ether oxygens (including phenoxy) is 2. The van der Waals surface area contributed by atoms with Crippen LogP contribution in [0.4, 0.5) is 22.0 Å². The molecule has 2 N–H and O–H groups in total. The van der Waals surface area contributed by atoms with Crippen molar-refractivity contribution in [1.82, 2.24) is 25.2 Å². The summed E-state index contributed by atoms with van der Waals surface area (Å²) in [5, 5.41) is 5.26. The van der Waals surface area contributed by atoms with E-state index < -0.39 is 0 Å². The second kappa shape index (κ2) is 11.6. The van der Waals surface area contributed by atoms with Crippen molar-refractivity contribution < 1.29 is 23.9 Å². The highest BCUT2D eigenvalue weighted by atomic mass is 16.5. The van der Waals surface area contributed by atoms with Gasteiger partial charge in [-0.25, -0.2) is 14.7 Å². The van der Waals surface area contributed by atoms with Crippen LogP contribution in [-0.4, -0.2) is 50.8 Å². The highest BCUT2D eigenvalue weighted by Gasteiger charge is 2.41. The van der Waals surface area contributed by atoms with E-state index >= 15 is 0 Å². The van der Waals surface area contributed by atoms with Crippen LogP contribution in [0.5, 0.6) is 23.3 Å². The minimum Gasteiger partial charge on any atom is -0.457 e. The Labute approximate surface area is 247 Å². The van der Waals surface area contributed by atoms with Crippen molar-refractivity contribution >= 4 is 35.0 Å². The lowest BCUT2D eigenvalue weighted by Gasteiger charge is -2.36. The predicted molar refractivity (Wildman–Crippen MR) is 158 cm³/mol. The average Bonchev–Trinajstić information content (AvgIpc) is 3.87. The van der Waals surface area contributed by atoms with Crippen molar-refractivity contribution in [3.63, 3.8) is 0 Å². The van der Waals surface area contributed by atoms with Gasteiger partial charge in [-0.15, -0.1) is 0 Å². The highest BCUT2D eigenvalue weighted by Crippen LogP contribution is 2.40. The number of carbonyl (C=O) groups is 3. The number of pyridine rings is 1. The second-order valence-electron chi connectivity index (χ2n) is 9.85. The number of anilines is 3. The van der Waals surface area contributed by atoms with Gasteiger partial charge < -0.3 is 25.0 Å². The van der Waals surface area contributed by atoms with Crippen LogP contribution in [0, 0.1) is 0 Å². The van der Waals surface area contributed by atoms with Gasteiger partial charge in [0.2, 0.25) is 5.91 Å². The fourth-order valence-corrected chi connectivity index (χ4v) is 4.57. The van der Waals surface area contributed by atoms with E-state index in [1.165, 1.54) is 24.2 Å². The topological polar surface area (TPSA) is 139 Å². The number of benzene rings is 2. The molecule has 2 aromatic carbocycles. The molecule has 0 spiro atoms. The molecule has 4 amide bonds. The smallest absolute Gasteiger partial charge is 0.330 e. The molecule has 1 fully saturated rings. The molecule has 3 heterocycles. The van der Waals surface area contributed by atoms with Crippen LogP contribution >= 0.6 is 0 Å². The average molecular weight is 578 g/mol. The molecule has 0 saturated heterocycles. The molecule has 1 aliphatic heterocycles. The summed E-state index contributed by atoms with van der Waals surface area (Å²) in [6.45, 7) is 3.88. The van der Waals surface area contributed by atoms with Gasteiger partial charge in [0, 0.05) is 42.8 Å².